The van der Waals surface area contributed by atoms with Gasteiger partial charge in [0.2, 0.25) is 6.43 Å². The average Bonchev–Trinajstić information content (AvgIpc) is 2.01. The van der Waals surface area contributed by atoms with Crippen molar-refractivity contribution < 1.29 is 22.9 Å². The van der Waals surface area contributed by atoms with Gasteiger partial charge in [-0.15, -0.1) is 0 Å². The molecule has 0 radical (unpaired) electrons. The Balaban J connectivity index is 4.00. The zero-order valence-electron chi connectivity index (χ0n) is 7.20. The minimum atomic E-state index is -2.52. The number of carboxylic acid groups (broad SMARTS) is 1. The summed E-state index contributed by atoms with van der Waals surface area (Å²) in [5.74, 6) is -1.43. The smallest absolute Gasteiger partial charge is 0.319 e. The van der Waals surface area contributed by atoms with Crippen LogP contribution in [0.5, 0.6) is 0 Å². The highest BCUT2D eigenvalue weighted by Crippen LogP contribution is 2.07. The van der Waals surface area contributed by atoms with Gasteiger partial charge in [-0.05, 0) is 6.42 Å². The van der Waals surface area contributed by atoms with Gasteiger partial charge in [-0.2, -0.15) is 0 Å². The van der Waals surface area contributed by atoms with Gasteiger partial charge in [-0.1, -0.05) is 6.92 Å². The summed E-state index contributed by atoms with van der Waals surface area (Å²) in [5, 5.41) is 7.51. The van der Waals surface area contributed by atoms with E-state index in [1.807, 2.05) is 0 Å². The van der Waals surface area contributed by atoms with Crippen molar-refractivity contribution in [2.24, 2.45) is 0 Å². The summed E-state index contributed by atoms with van der Waals surface area (Å²) in [6, 6.07) is 0. The lowest BCUT2D eigenvalue weighted by atomic mass is 10.3. The first-order valence-corrected chi connectivity index (χ1v) is 5.25. The summed E-state index contributed by atoms with van der Waals surface area (Å²) in [6.45, 7) is 1.57. The second-order valence-corrected chi connectivity index (χ2v) is 4.24. The number of halogens is 2. The number of carboxylic acids is 1. The molecule has 0 heterocycles. The van der Waals surface area contributed by atoms with E-state index < -0.39 is 34.9 Å². The van der Waals surface area contributed by atoms with Gasteiger partial charge in [0.05, 0.1) is 0 Å². The normalized spacial score (nSPS) is 15.7. The Bertz CT molecular complexity index is 196. The first-order chi connectivity index (χ1) is 5.99. The molecular weight excluding hydrogens is 202 g/mol. The standard InChI is InChI=1S/C7H12F2O3S/c1-2-5(7(10)11)13(12)4-3-6(8)9/h5-6H,2-4H2,1H3,(H,10,11). The van der Waals surface area contributed by atoms with Gasteiger partial charge in [0, 0.05) is 23.0 Å². The Labute approximate surface area is 77.6 Å². The predicted molar refractivity (Wildman–Crippen MR) is 45.3 cm³/mol. The Morgan fingerprint density at radius 3 is 2.38 bits per heavy atom. The number of rotatable bonds is 6. The lowest BCUT2D eigenvalue weighted by Crippen LogP contribution is -2.27. The monoisotopic (exact) mass is 214 g/mol. The molecule has 0 aliphatic carbocycles. The van der Waals surface area contributed by atoms with E-state index >= 15 is 0 Å². The van der Waals surface area contributed by atoms with E-state index in [4.69, 9.17) is 5.11 Å². The van der Waals surface area contributed by atoms with Crippen LogP contribution < -0.4 is 0 Å². The van der Waals surface area contributed by atoms with Crippen molar-refractivity contribution in [3.63, 3.8) is 0 Å². The zero-order chi connectivity index (χ0) is 10.4. The molecule has 6 heteroatoms. The van der Waals surface area contributed by atoms with Gasteiger partial charge in [0.15, 0.2) is 0 Å². The van der Waals surface area contributed by atoms with E-state index in [2.05, 4.69) is 0 Å². The summed E-state index contributed by atoms with van der Waals surface area (Å²) < 4.78 is 34.5. The van der Waals surface area contributed by atoms with Crippen LogP contribution in [0, 0.1) is 0 Å². The molecule has 0 saturated carbocycles. The third-order valence-corrected chi connectivity index (χ3v) is 3.31. The quantitative estimate of drug-likeness (QED) is 0.724. The Morgan fingerprint density at radius 1 is 1.54 bits per heavy atom. The number of aliphatic carboxylic acids is 1. The highest BCUT2D eigenvalue weighted by Gasteiger charge is 2.22. The Morgan fingerprint density at radius 2 is 2.08 bits per heavy atom. The second kappa shape index (κ2) is 6.01. The molecule has 0 rings (SSSR count). The van der Waals surface area contributed by atoms with Crippen LogP contribution in [-0.2, 0) is 15.6 Å². The van der Waals surface area contributed by atoms with Crippen LogP contribution in [0.1, 0.15) is 19.8 Å². The second-order valence-electron chi connectivity index (χ2n) is 2.50. The van der Waals surface area contributed by atoms with Gasteiger partial charge >= 0.3 is 5.97 Å². The van der Waals surface area contributed by atoms with Crippen molar-refractivity contribution in [3.8, 4) is 0 Å². The van der Waals surface area contributed by atoms with Gasteiger partial charge < -0.3 is 5.11 Å². The summed E-state index contributed by atoms with van der Waals surface area (Å²) in [4.78, 5) is 10.4. The van der Waals surface area contributed by atoms with Gasteiger partial charge in [-0.25, -0.2) is 8.78 Å². The van der Waals surface area contributed by atoms with E-state index in [0.717, 1.165) is 0 Å². The first-order valence-electron chi connectivity index (χ1n) is 3.87. The molecule has 0 saturated heterocycles. The molecule has 0 aliphatic heterocycles. The molecule has 0 bridgehead atoms. The maximum Gasteiger partial charge on any atom is 0.319 e. The maximum absolute atomic E-state index is 11.7. The van der Waals surface area contributed by atoms with Gasteiger partial charge in [0.25, 0.3) is 0 Å². The topological polar surface area (TPSA) is 54.4 Å². The molecule has 0 spiro atoms. The zero-order valence-corrected chi connectivity index (χ0v) is 8.02. The van der Waals surface area contributed by atoms with E-state index in [-0.39, 0.29) is 12.2 Å². The Kier molecular flexibility index (Phi) is 5.77. The SMILES string of the molecule is CCC(C(=O)O)S(=O)CCC(F)F. The van der Waals surface area contributed by atoms with Crippen molar-refractivity contribution in [1.82, 2.24) is 0 Å². The van der Waals surface area contributed by atoms with Crippen molar-refractivity contribution in [2.45, 2.75) is 31.4 Å². The molecule has 0 aromatic carbocycles. The van der Waals surface area contributed by atoms with Crippen LogP contribution in [0.15, 0.2) is 0 Å². The fourth-order valence-electron chi connectivity index (χ4n) is 0.820. The van der Waals surface area contributed by atoms with Crippen molar-refractivity contribution in [1.29, 1.82) is 0 Å². The lowest BCUT2D eigenvalue weighted by Gasteiger charge is -2.08. The van der Waals surface area contributed by atoms with Crippen LogP contribution in [0.3, 0.4) is 0 Å². The van der Waals surface area contributed by atoms with Crippen LogP contribution in [0.2, 0.25) is 0 Å². The molecule has 1 N–H and O–H groups in total. The fourth-order valence-corrected chi connectivity index (χ4v) is 2.11. The Hall–Kier alpha value is -0.520. The van der Waals surface area contributed by atoms with Crippen molar-refractivity contribution in [2.75, 3.05) is 5.75 Å². The van der Waals surface area contributed by atoms with Crippen LogP contribution in [0.4, 0.5) is 8.78 Å². The molecule has 3 nitrogen and oxygen atoms in total. The minimum absolute atomic E-state index is 0.200. The summed E-state index contributed by atoms with van der Waals surface area (Å²) in [7, 11) is -1.69. The summed E-state index contributed by atoms with van der Waals surface area (Å²) >= 11 is 0. The molecule has 0 aliphatic rings. The highest BCUT2D eigenvalue weighted by molar-refractivity contribution is 7.86. The van der Waals surface area contributed by atoms with Crippen LogP contribution in [-0.4, -0.2) is 32.7 Å². The number of hydrogen-bond donors (Lipinski definition) is 1. The largest absolute Gasteiger partial charge is 0.480 e. The molecule has 2 unspecified atom stereocenters. The van der Waals surface area contributed by atoms with Crippen molar-refractivity contribution >= 4 is 16.8 Å². The van der Waals surface area contributed by atoms with E-state index in [1.54, 1.807) is 6.92 Å². The molecule has 2 atom stereocenters. The highest BCUT2D eigenvalue weighted by atomic mass is 32.2. The predicted octanol–water partition coefficient (Wildman–Crippen LogP) is 1.25. The molecule has 0 aromatic heterocycles. The maximum atomic E-state index is 11.7. The summed E-state index contributed by atoms with van der Waals surface area (Å²) in [6.07, 6.45) is -2.82. The van der Waals surface area contributed by atoms with Gasteiger partial charge in [-0.3, -0.25) is 9.00 Å². The number of carbonyl (C=O) groups is 1. The molecule has 78 valence electrons. The molecular formula is C7H12F2O3S. The fraction of sp³-hybridized carbons (Fsp3) is 0.857. The third kappa shape index (κ3) is 4.92. The number of alkyl halides is 2. The molecule has 13 heavy (non-hydrogen) atoms. The first kappa shape index (κ1) is 12.5. The lowest BCUT2D eigenvalue weighted by molar-refractivity contribution is -0.136. The van der Waals surface area contributed by atoms with Gasteiger partial charge in [0.1, 0.15) is 5.25 Å². The molecule has 0 aromatic rings. The minimum Gasteiger partial charge on any atom is -0.480 e. The number of hydrogen-bond acceptors (Lipinski definition) is 2. The van der Waals surface area contributed by atoms with E-state index in [1.165, 1.54) is 0 Å². The molecule has 0 fully saturated rings. The van der Waals surface area contributed by atoms with E-state index in [0.29, 0.717) is 0 Å². The molecule has 0 amide bonds. The van der Waals surface area contributed by atoms with Crippen LogP contribution >= 0.6 is 0 Å². The van der Waals surface area contributed by atoms with E-state index in [9.17, 15) is 17.8 Å². The van der Waals surface area contributed by atoms with Crippen LogP contribution in [0.25, 0.3) is 0 Å². The third-order valence-electron chi connectivity index (χ3n) is 1.50. The summed E-state index contributed by atoms with van der Waals surface area (Å²) in [5.41, 5.74) is 0. The van der Waals surface area contributed by atoms with Crippen molar-refractivity contribution in [3.05, 3.63) is 0 Å². The average molecular weight is 214 g/mol.